The quantitative estimate of drug-likeness (QED) is 0.205. The number of hydrogen-bond acceptors (Lipinski definition) is 5. The van der Waals surface area contributed by atoms with E-state index < -0.39 is 10.0 Å². The van der Waals surface area contributed by atoms with Crippen LogP contribution in [0.3, 0.4) is 0 Å². The number of ether oxygens (including phenoxy) is 1. The molecule has 134 valence electrons. The number of halogens is 1. The third-order valence-electron chi connectivity index (χ3n) is 2.66. The Hall–Kier alpha value is -0.430. The summed E-state index contributed by atoms with van der Waals surface area (Å²) in [4.78, 5) is 4.07. The van der Waals surface area contributed by atoms with Crippen LogP contribution < -0.4 is 15.4 Å². The SMILES string of the molecule is CCOCCCNC(=NC)NCCNS(=O)(=O)c1cccs1.I. The predicted octanol–water partition coefficient (Wildman–Crippen LogP) is 1.24. The van der Waals surface area contributed by atoms with Gasteiger partial charge in [0.25, 0.3) is 0 Å². The molecule has 0 unspecified atom stereocenters. The van der Waals surface area contributed by atoms with Gasteiger partial charge in [-0.15, -0.1) is 35.3 Å². The predicted molar refractivity (Wildman–Crippen MR) is 105 cm³/mol. The molecule has 0 aliphatic rings. The molecule has 0 saturated heterocycles. The molecule has 1 aromatic heterocycles. The number of nitrogens with zero attached hydrogens (tertiary/aromatic N) is 1. The van der Waals surface area contributed by atoms with Crippen LogP contribution in [-0.2, 0) is 14.8 Å². The minimum atomic E-state index is -3.40. The van der Waals surface area contributed by atoms with Crippen molar-refractivity contribution in [1.82, 2.24) is 15.4 Å². The largest absolute Gasteiger partial charge is 0.382 e. The average molecular weight is 476 g/mol. The number of guanidine groups is 1. The van der Waals surface area contributed by atoms with Crippen molar-refractivity contribution in [2.45, 2.75) is 17.6 Å². The van der Waals surface area contributed by atoms with Gasteiger partial charge in [0.1, 0.15) is 4.21 Å². The molecule has 0 spiro atoms. The van der Waals surface area contributed by atoms with Gasteiger partial charge in [0.2, 0.25) is 10.0 Å². The zero-order valence-electron chi connectivity index (χ0n) is 13.4. The maximum Gasteiger partial charge on any atom is 0.250 e. The molecule has 0 aliphatic carbocycles. The van der Waals surface area contributed by atoms with E-state index in [1.54, 1.807) is 24.6 Å². The van der Waals surface area contributed by atoms with Crippen molar-refractivity contribution in [3.8, 4) is 0 Å². The first-order valence-electron chi connectivity index (χ1n) is 7.15. The molecule has 0 atom stereocenters. The average Bonchev–Trinajstić information content (AvgIpc) is 3.04. The molecule has 1 aromatic rings. The summed E-state index contributed by atoms with van der Waals surface area (Å²) in [5, 5.41) is 7.93. The molecule has 23 heavy (non-hydrogen) atoms. The van der Waals surface area contributed by atoms with Crippen LogP contribution in [0, 0.1) is 0 Å². The van der Waals surface area contributed by atoms with Crippen molar-refractivity contribution in [1.29, 1.82) is 0 Å². The van der Waals surface area contributed by atoms with Crippen LogP contribution in [0.5, 0.6) is 0 Å². The summed E-state index contributed by atoms with van der Waals surface area (Å²) in [6.07, 6.45) is 0.888. The van der Waals surface area contributed by atoms with E-state index >= 15 is 0 Å². The molecule has 0 aliphatic heterocycles. The maximum absolute atomic E-state index is 11.9. The fraction of sp³-hybridized carbons (Fsp3) is 0.615. The number of rotatable bonds is 10. The number of hydrogen-bond donors (Lipinski definition) is 3. The summed E-state index contributed by atoms with van der Waals surface area (Å²) in [6.45, 7) is 4.89. The van der Waals surface area contributed by atoms with E-state index in [1.807, 2.05) is 6.92 Å². The van der Waals surface area contributed by atoms with Crippen LogP contribution in [0.2, 0.25) is 0 Å². The highest BCUT2D eigenvalue weighted by Gasteiger charge is 2.13. The highest BCUT2D eigenvalue weighted by molar-refractivity contribution is 14.0. The summed E-state index contributed by atoms with van der Waals surface area (Å²) in [5.41, 5.74) is 0. The van der Waals surface area contributed by atoms with Gasteiger partial charge in [0, 0.05) is 39.9 Å². The van der Waals surface area contributed by atoms with Gasteiger partial charge in [0.15, 0.2) is 5.96 Å². The van der Waals surface area contributed by atoms with Gasteiger partial charge in [0.05, 0.1) is 0 Å². The van der Waals surface area contributed by atoms with Crippen molar-refractivity contribution in [3.63, 3.8) is 0 Å². The van der Waals surface area contributed by atoms with Gasteiger partial charge in [-0.1, -0.05) is 6.07 Å². The van der Waals surface area contributed by atoms with Gasteiger partial charge >= 0.3 is 0 Å². The molecule has 0 saturated carbocycles. The van der Waals surface area contributed by atoms with Gasteiger partial charge in [-0.2, -0.15) is 0 Å². The normalized spacial score (nSPS) is 11.8. The Morgan fingerprint density at radius 2 is 2.04 bits per heavy atom. The summed E-state index contributed by atoms with van der Waals surface area (Å²) >= 11 is 1.20. The van der Waals surface area contributed by atoms with Crippen molar-refractivity contribution < 1.29 is 13.2 Å². The van der Waals surface area contributed by atoms with Crippen LogP contribution >= 0.6 is 35.3 Å². The van der Waals surface area contributed by atoms with Crippen LogP contribution in [0.4, 0.5) is 0 Å². The molecule has 0 radical (unpaired) electrons. The first kappa shape index (κ1) is 22.6. The van der Waals surface area contributed by atoms with E-state index in [9.17, 15) is 8.42 Å². The van der Waals surface area contributed by atoms with E-state index in [4.69, 9.17) is 4.74 Å². The molecule has 1 heterocycles. The Labute approximate surface area is 159 Å². The minimum Gasteiger partial charge on any atom is -0.382 e. The van der Waals surface area contributed by atoms with Crippen LogP contribution in [0.1, 0.15) is 13.3 Å². The van der Waals surface area contributed by atoms with Crippen LogP contribution in [-0.4, -0.2) is 54.3 Å². The molecule has 3 N–H and O–H groups in total. The monoisotopic (exact) mass is 476 g/mol. The second-order valence-corrected chi connectivity index (χ2v) is 7.25. The van der Waals surface area contributed by atoms with E-state index in [0.717, 1.165) is 19.6 Å². The van der Waals surface area contributed by atoms with Crippen molar-refractivity contribution >= 4 is 51.3 Å². The number of nitrogens with one attached hydrogen (secondary N) is 3. The highest BCUT2D eigenvalue weighted by atomic mass is 127. The highest BCUT2D eigenvalue weighted by Crippen LogP contribution is 2.14. The van der Waals surface area contributed by atoms with Gasteiger partial charge in [-0.25, -0.2) is 13.1 Å². The Morgan fingerprint density at radius 1 is 1.30 bits per heavy atom. The second-order valence-electron chi connectivity index (χ2n) is 4.31. The Morgan fingerprint density at radius 3 is 2.65 bits per heavy atom. The number of sulfonamides is 1. The van der Waals surface area contributed by atoms with Crippen molar-refractivity contribution in [3.05, 3.63) is 17.5 Å². The van der Waals surface area contributed by atoms with Crippen molar-refractivity contribution in [2.75, 3.05) is 39.9 Å². The van der Waals surface area contributed by atoms with Gasteiger partial charge < -0.3 is 15.4 Å². The van der Waals surface area contributed by atoms with Gasteiger partial charge in [-0.3, -0.25) is 4.99 Å². The fourth-order valence-electron chi connectivity index (χ4n) is 1.60. The number of thiophene rings is 1. The first-order valence-corrected chi connectivity index (χ1v) is 9.52. The minimum absolute atomic E-state index is 0. The van der Waals surface area contributed by atoms with Crippen molar-refractivity contribution in [2.24, 2.45) is 4.99 Å². The number of aliphatic imine (C=N–C) groups is 1. The Balaban J connectivity index is 0.00000484. The molecule has 10 heteroatoms. The molecule has 1 rings (SSSR count). The smallest absolute Gasteiger partial charge is 0.250 e. The summed E-state index contributed by atoms with van der Waals surface area (Å²) in [5.74, 6) is 0.645. The molecule has 7 nitrogen and oxygen atoms in total. The lowest BCUT2D eigenvalue weighted by molar-refractivity contribution is 0.145. The lowest BCUT2D eigenvalue weighted by Gasteiger charge is -2.12. The molecular weight excluding hydrogens is 451 g/mol. The third-order valence-corrected chi connectivity index (χ3v) is 5.51. The maximum atomic E-state index is 11.9. The summed E-state index contributed by atoms with van der Waals surface area (Å²) < 4.78 is 31.9. The van der Waals surface area contributed by atoms with Crippen LogP contribution in [0.15, 0.2) is 26.7 Å². The van der Waals surface area contributed by atoms with E-state index in [0.29, 0.717) is 29.9 Å². The lowest BCUT2D eigenvalue weighted by atomic mass is 10.4. The first-order chi connectivity index (χ1) is 10.6. The zero-order chi connectivity index (χ0) is 16.3. The molecule has 0 amide bonds. The van der Waals surface area contributed by atoms with E-state index in [-0.39, 0.29) is 24.0 Å². The zero-order valence-corrected chi connectivity index (χ0v) is 17.3. The summed E-state index contributed by atoms with van der Waals surface area (Å²) in [7, 11) is -1.72. The second kappa shape index (κ2) is 12.9. The lowest BCUT2D eigenvalue weighted by Crippen LogP contribution is -2.41. The molecule has 0 aromatic carbocycles. The van der Waals surface area contributed by atoms with E-state index in [2.05, 4.69) is 20.3 Å². The molecule has 0 bridgehead atoms. The summed E-state index contributed by atoms with van der Waals surface area (Å²) in [6, 6.07) is 3.30. The third kappa shape index (κ3) is 9.45. The Kier molecular flexibility index (Phi) is 12.7. The topological polar surface area (TPSA) is 91.8 Å². The fourth-order valence-corrected chi connectivity index (χ4v) is 3.67. The molecular formula is C13H25IN4O3S2. The van der Waals surface area contributed by atoms with E-state index in [1.165, 1.54) is 11.3 Å². The van der Waals surface area contributed by atoms with Crippen LogP contribution in [0.25, 0.3) is 0 Å². The Bertz CT molecular complexity index is 535. The molecule has 0 fully saturated rings. The van der Waals surface area contributed by atoms with Gasteiger partial charge in [-0.05, 0) is 24.8 Å². The standard InChI is InChI=1S/C13H24N4O3S2.HI/c1-3-20-10-5-7-15-13(14-2)16-8-9-17-22(18,19)12-6-4-11-21-12;/h4,6,11,17H,3,5,7-10H2,1-2H3,(H2,14,15,16);1H.